The Balaban J connectivity index is 0.00000169. The highest BCUT2D eigenvalue weighted by atomic mass is 35.5. The molecule has 0 spiro atoms. The van der Waals surface area contributed by atoms with E-state index >= 15 is 0 Å². The van der Waals surface area contributed by atoms with Gasteiger partial charge in [-0.1, -0.05) is 6.07 Å². The smallest absolute Gasteiger partial charge is 0.224 e. The van der Waals surface area contributed by atoms with Crippen molar-refractivity contribution in [2.45, 2.75) is 18.2 Å². The van der Waals surface area contributed by atoms with Crippen molar-refractivity contribution in [2.75, 3.05) is 25.4 Å². The summed E-state index contributed by atoms with van der Waals surface area (Å²) in [6.45, 7) is 2.34. The lowest BCUT2D eigenvalue weighted by atomic mass is 10.1. The molecule has 2 aromatic rings. The highest BCUT2D eigenvalue weighted by Crippen LogP contribution is 2.22. The maximum atomic E-state index is 12.7. The van der Waals surface area contributed by atoms with Crippen LogP contribution in [0.5, 0.6) is 0 Å². The summed E-state index contributed by atoms with van der Waals surface area (Å²) in [5.41, 5.74) is 1.06. The number of aromatic nitrogens is 3. The fraction of sp³-hybridized carbons (Fsp3) is 0.471. The molecule has 0 radical (unpaired) electrons. The first-order valence-corrected chi connectivity index (χ1v) is 9.36. The van der Waals surface area contributed by atoms with Crippen molar-refractivity contribution in [1.82, 2.24) is 24.8 Å². The van der Waals surface area contributed by atoms with Gasteiger partial charge in [-0.05, 0) is 12.1 Å². The summed E-state index contributed by atoms with van der Waals surface area (Å²) < 4.78 is 1.99. The number of amides is 1. The zero-order chi connectivity index (χ0) is 16.8. The van der Waals surface area contributed by atoms with Crippen molar-refractivity contribution in [2.24, 2.45) is 7.05 Å². The third-order valence-corrected chi connectivity index (χ3v) is 5.15. The zero-order valence-corrected chi connectivity index (χ0v) is 17.2. The minimum Gasteiger partial charge on any atom is -0.336 e. The van der Waals surface area contributed by atoms with E-state index in [2.05, 4.69) is 15.3 Å². The van der Waals surface area contributed by atoms with Crippen molar-refractivity contribution in [3.63, 3.8) is 0 Å². The van der Waals surface area contributed by atoms with Crippen LogP contribution in [0.25, 0.3) is 0 Å². The van der Waals surface area contributed by atoms with E-state index in [1.54, 1.807) is 24.2 Å². The third-order valence-electron chi connectivity index (χ3n) is 4.16. The standard InChI is InChI=1S/C17H23N5OS.2ClH/c1-21-9-8-20-17(21)15-12-18-7-10-22(15)16(23)5-11-24-13-14-4-2-3-6-19-14;;/h2-4,6,8-9,15,18H,5,7,10-13H2,1H3;2*1H. The maximum absolute atomic E-state index is 12.7. The van der Waals surface area contributed by atoms with E-state index < -0.39 is 0 Å². The summed E-state index contributed by atoms with van der Waals surface area (Å²) in [4.78, 5) is 23.4. The van der Waals surface area contributed by atoms with Gasteiger partial charge in [0, 0.05) is 63.2 Å². The van der Waals surface area contributed by atoms with Gasteiger partial charge in [0.25, 0.3) is 0 Å². The Labute approximate surface area is 171 Å². The van der Waals surface area contributed by atoms with Crippen molar-refractivity contribution >= 4 is 42.5 Å². The molecule has 1 aliphatic heterocycles. The van der Waals surface area contributed by atoms with E-state index in [9.17, 15) is 4.79 Å². The summed E-state index contributed by atoms with van der Waals surface area (Å²) in [7, 11) is 1.97. The van der Waals surface area contributed by atoms with Gasteiger partial charge in [-0.15, -0.1) is 24.8 Å². The number of aryl methyl sites for hydroxylation is 1. The first-order valence-electron chi connectivity index (χ1n) is 8.21. The minimum absolute atomic E-state index is 0. The highest BCUT2D eigenvalue weighted by molar-refractivity contribution is 7.98. The first-order chi connectivity index (χ1) is 11.8. The molecule has 6 nitrogen and oxygen atoms in total. The molecule has 9 heteroatoms. The molecular formula is C17H25Cl2N5OS. The average Bonchev–Trinajstić information content (AvgIpc) is 3.05. The topological polar surface area (TPSA) is 63.1 Å². The summed E-state index contributed by atoms with van der Waals surface area (Å²) in [6, 6.07) is 5.95. The molecule has 1 amide bonds. The molecule has 1 saturated heterocycles. The van der Waals surface area contributed by atoms with Crippen LogP contribution in [0.4, 0.5) is 0 Å². The maximum Gasteiger partial charge on any atom is 0.224 e. The lowest BCUT2D eigenvalue weighted by Gasteiger charge is -2.35. The number of hydrogen-bond acceptors (Lipinski definition) is 5. The molecule has 1 aliphatic rings. The predicted molar refractivity (Wildman–Crippen MR) is 110 cm³/mol. The molecule has 0 aromatic carbocycles. The largest absolute Gasteiger partial charge is 0.336 e. The van der Waals surface area contributed by atoms with Gasteiger partial charge >= 0.3 is 0 Å². The molecule has 0 saturated carbocycles. The molecule has 1 atom stereocenters. The molecule has 144 valence electrons. The van der Waals surface area contributed by atoms with Crippen LogP contribution in [-0.4, -0.2) is 50.7 Å². The van der Waals surface area contributed by atoms with Crippen LogP contribution in [-0.2, 0) is 17.6 Å². The van der Waals surface area contributed by atoms with Crippen molar-refractivity contribution < 1.29 is 4.79 Å². The number of thioether (sulfide) groups is 1. The number of pyridine rings is 1. The number of nitrogens with one attached hydrogen (secondary N) is 1. The van der Waals surface area contributed by atoms with Gasteiger partial charge in [0.05, 0.1) is 5.69 Å². The Bertz CT molecular complexity index is 670. The summed E-state index contributed by atoms with van der Waals surface area (Å²) in [6.07, 6.45) is 6.07. The van der Waals surface area contributed by atoms with Gasteiger partial charge in [0.15, 0.2) is 0 Å². The van der Waals surface area contributed by atoms with Crippen LogP contribution < -0.4 is 5.32 Å². The molecule has 1 fully saturated rings. The molecular weight excluding hydrogens is 393 g/mol. The van der Waals surface area contributed by atoms with Crippen molar-refractivity contribution in [3.8, 4) is 0 Å². The van der Waals surface area contributed by atoms with E-state index in [4.69, 9.17) is 0 Å². The molecule has 3 heterocycles. The van der Waals surface area contributed by atoms with Gasteiger partial charge in [0.1, 0.15) is 11.9 Å². The Morgan fingerprint density at radius 2 is 2.15 bits per heavy atom. The Morgan fingerprint density at radius 1 is 1.31 bits per heavy atom. The number of carbonyl (C=O) groups is 1. The second-order valence-corrected chi connectivity index (χ2v) is 6.93. The quantitative estimate of drug-likeness (QED) is 0.731. The number of halogens is 2. The van der Waals surface area contributed by atoms with E-state index in [1.165, 1.54) is 0 Å². The van der Waals surface area contributed by atoms with E-state index in [0.29, 0.717) is 6.42 Å². The van der Waals surface area contributed by atoms with Crippen LogP contribution in [0.3, 0.4) is 0 Å². The van der Waals surface area contributed by atoms with Gasteiger partial charge in [0.2, 0.25) is 5.91 Å². The molecule has 0 aliphatic carbocycles. The fourth-order valence-electron chi connectivity index (χ4n) is 2.90. The van der Waals surface area contributed by atoms with Crippen molar-refractivity contribution in [1.29, 1.82) is 0 Å². The Hall–Kier alpha value is -1.28. The van der Waals surface area contributed by atoms with Crippen LogP contribution in [0.2, 0.25) is 0 Å². The minimum atomic E-state index is 0. The Morgan fingerprint density at radius 3 is 2.85 bits per heavy atom. The van der Waals surface area contributed by atoms with E-state index in [1.807, 2.05) is 40.9 Å². The lowest BCUT2D eigenvalue weighted by Crippen LogP contribution is -2.49. The highest BCUT2D eigenvalue weighted by Gasteiger charge is 2.29. The summed E-state index contributed by atoms with van der Waals surface area (Å²) in [5, 5.41) is 3.36. The molecule has 3 rings (SSSR count). The Kier molecular flexibility index (Phi) is 10.0. The number of rotatable bonds is 6. The zero-order valence-electron chi connectivity index (χ0n) is 14.7. The number of imidazole rings is 1. The van der Waals surface area contributed by atoms with Crippen molar-refractivity contribution in [3.05, 3.63) is 48.3 Å². The molecule has 26 heavy (non-hydrogen) atoms. The van der Waals surface area contributed by atoms with Crippen LogP contribution in [0, 0.1) is 0 Å². The molecule has 0 bridgehead atoms. The number of piperazine rings is 1. The number of nitrogens with zero attached hydrogens (tertiary/aromatic N) is 4. The predicted octanol–water partition coefficient (Wildman–Crippen LogP) is 2.46. The van der Waals surface area contributed by atoms with Gasteiger partial charge in [-0.3, -0.25) is 9.78 Å². The van der Waals surface area contributed by atoms with Gasteiger partial charge < -0.3 is 14.8 Å². The van der Waals surface area contributed by atoms with Gasteiger partial charge in [-0.25, -0.2) is 4.98 Å². The average molecular weight is 418 g/mol. The number of carbonyl (C=O) groups excluding carboxylic acids is 1. The molecule has 1 N–H and O–H groups in total. The van der Waals surface area contributed by atoms with E-state index in [0.717, 1.165) is 42.7 Å². The second kappa shape index (κ2) is 11.4. The summed E-state index contributed by atoms with van der Waals surface area (Å²) in [5.74, 6) is 2.81. The molecule has 2 aromatic heterocycles. The van der Waals surface area contributed by atoms with E-state index in [-0.39, 0.29) is 36.8 Å². The summed E-state index contributed by atoms with van der Waals surface area (Å²) >= 11 is 1.75. The fourth-order valence-corrected chi connectivity index (χ4v) is 3.74. The second-order valence-electron chi connectivity index (χ2n) is 5.83. The van der Waals surface area contributed by atoms with Crippen LogP contribution in [0.15, 0.2) is 36.8 Å². The first kappa shape index (κ1) is 22.8. The van der Waals surface area contributed by atoms with Gasteiger partial charge in [-0.2, -0.15) is 11.8 Å². The number of hydrogen-bond donors (Lipinski definition) is 1. The SMILES string of the molecule is Cl.Cl.Cn1ccnc1C1CNCCN1C(=O)CCSCc1ccccn1. The monoisotopic (exact) mass is 417 g/mol. The molecule has 1 unspecified atom stereocenters. The lowest BCUT2D eigenvalue weighted by molar-refractivity contribution is -0.134. The third kappa shape index (κ3) is 5.87. The van der Waals surface area contributed by atoms with Crippen LogP contribution in [0.1, 0.15) is 24.0 Å². The van der Waals surface area contributed by atoms with Crippen LogP contribution >= 0.6 is 36.6 Å². The normalized spacial score (nSPS) is 16.5.